The number of alkyl halides is 3. The molecule has 0 aliphatic carbocycles. The summed E-state index contributed by atoms with van der Waals surface area (Å²) in [5.41, 5.74) is 3.93. The van der Waals surface area contributed by atoms with Crippen molar-refractivity contribution in [2.75, 3.05) is 0 Å². The summed E-state index contributed by atoms with van der Waals surface area (Å²) in [5, 5.41) is 3.21. The average molecular weight is 678 g/mol. The number of thiazole rings is 1. The van der Waals surface area contributed by atoms with Crippen molar-refractivity contribution >= 4 is 57.2 Å². The van der Waals surface area contributed by atoms with Gasteiger partial charge in [-0.05, 0) is 29.0 Å². The van der Waals surface area contributed by atoms with Gasteiger partial charge in [-0.2, -0.15) is 18.2 Å². The minimum absolute atomic E-state index is 0. The van der Waals surface area contributed by atoms with Gasteiger partial charge in [0.05, 0.1) is 23.1 Å². The first-order chi connectivity index (χ1) is 20.1. The number of hydrogen-bond acceptors (Lipinski definition) is 8. The van der Waals surface area contributed by atoms with Crippen molar-refractivity contribution in [1.82, 2.24) is 13.7 Å². The maximum atomic E-state index is 14.4. The Balaban J connectivity index is 0.00000529. The van der Waals surface area contributed by atoms with Gasteiger partial charge < -0.3 is 10.5 Å². The molecule has 4 aromatic rings. The van der Waals surface area contributed by atoms with Crippen LogP contribution < -0.4 is 21.8 Å². The van der Waals surface area contributed by atoms with Gasteiger partial charge in [-0.1, -0.05) is 26.3 Å². The molecule has 10 nitrogen and oxygen atoms in total. The molecular formula is C27H28ClF4N5O5S2. The van der Waals surface area contributed by atoms with E-state index >= 15 is 0 Å². The lowest BCUT2D eigenvalue weighted by Crippen LogP contribution is -2.38. The van der Waals surface area contributed by atoms with Gasteiger partial charge in [0.1, 0.15) is 16.7 Å². The number of fused-ring (bicyclic) bond motifs is 1. The van der Waals surface area contributed by atoms with Gasteiger partial charge in [-0.25, -0.2) is 9.18 Å². The smallest absolute Gasteiger partial charge is 0.419 e. The number of hydrogen-bond donors (Lipinski definition) is 1. The Morgan fingerprint density at radius 2 is 1.80 bits per heavy atom. The number of carbonyl (C=O) groups excluding carboxylic acids is 2. The van der Waals surface area contributed by atoms with E-state index in [2.05, 4.69) is 4.99 Å². The molecule has 2 atom stereocenters. The van der Waals surface area contributed by atoms with Gasteiger partial charge in [-0.15, -0.1) is 35.1 Å². The van der Waals surface area contributed by atoms with Crippen LogP contribution in [-0.4, -0.2) is 31.6 Å². The van der Waals surface area contributed by atoms with E-state index in [1.807, 2.05) is 6.92 Å². The summed E-state index contributed by atoms with van der Waals surface area (Å²) in [5.74, 6) is -3.16. The largest absolute Gasteiger partial charge is 0.443 e. The Bertz CT molecular complexity index is 1910. The van der Waals surface area contributed by atoms with Gasteiger partial charge in [-0.3, -0.25) is 28.1 Å². The molecule has 3 aromatic heterocycles. The van der Waals surface area contributed by atoms with Crippen molar-refractivity contribution in [2.24, 2.45) is 30.7 Å². The first-order valence-electron chi connectivity index (χ1n) is 12.9. The zero-order valence-electron chi connectivity index (χ0n) is 23.8. The van der Waals surface area contributed by atoms with Crippen LogP contribution in [0.3, 0.4) is 0 Å². The lowest BCUT2D eigenvalue weighted by atomic mass is 10.0. The molecule has 2 N–H and O–H groups in total. The second-order valence-corrected chi connectivity index (χ2v) is 11.6. The zero-order chi connectivity index (χ0) is 31.8. The molecule has 3 heterocycles. The molecule has 1 amide bonds. The van der Waals surface area contributed by atoms with E-state index in [-0.39, 0.29) is 46.2 Å². The van der Waals surface area contributed by atoms with Crippen molar-refractivity contribution in [1.29, 1.82) is 0 Å². The first kappa shape index (κ1) is 34.9. The lowest BCUT2D eigenvalue weighted by molar-refractivity contribution is -0.150. The highest BCUT2D eigenvalue weighted by Crippen LogP contribution is 2.33. The number of carbonyl (C=O) groups is 2. The molecule has 0 saturated carbocycles. The lowest BCUT2D eigenvalue weighted by Gasteiger charge is -2.18. The maximum Gasteiger partial charge on any atom is 0.419 e. The quantitative estimate of drug-likeness (QED) is 0.222. The van der Waals surface area contributed by atoms with Crippen molar-refractivity contribution in [2.45, 2.75) is 45.6 Å². The molecule has 0 fully saturated rings. The second kappa shape index (κ2) is 13.6. The highest BCUT2D eigenvalue weighted by Gasteiger charge is 2.34. The van der Waals surface area contributed by atoms with E-state index in [0.29, 0.717) is 28.9 Å². The molecule has 0 spiro atoms. The summed E-state index contributed by atoms with van der Waals surface area (Å²) in [6.07, 6.45) is -4.61. The van der Waals surface area contributed by atoms with Crippen LogP contribution >= 0.6 is 35.1 Å². The molecule has 17 heteroatoms. The Morgan fingerprint density at radius 3 is 2.41 bits per heavy atom. The van der Waals surface area contributed by atoms with Crippen LogP contribution in [0, 0.1) is 11.7 Å². The summed E-state index contributed by atoms with van der Waals surface area (Å²) >= 11 is 2.03. The number of aromatic nitrogens is 3. The Hall–Kier alpha value is -3.60. The topological polar surface area (TPSA) is 131 Å². The number of nitrogens with two attached hydrogens (primary N) is 1. The second-order valence-electron chi connectivity index (χ2n) is 9.86. The molecule has 0 unspecified atom stereocenters. The number of nitrogens with zero attached hydrogens (tertiary/aromatic N) is 4. The van der Waals surface area contributed by atoms with Crippen LogP contribution in [0.15, 0.2) is 43.5 Å². The predicted molar refractivity (Wildman–Crippen MR) is 160 cm³/mol. The van der Waals surface area contributed by atoms with E-state index in [0.717, 1.165) is 33.3 Å². The number of amides is 1. The Labute approximate surface area is 261 Å². The summed E-state index contributed by atoms with van der Waals surface area (Å²) in [7, 11) is 2.83. The van der Waals surface area contributed by atoms with E-state index in [1.165, 1.54) is 28.6 Å². The van der Waals surface area contributed by atoms with Crippen LogP contribution in [0.4, 0.5) is 17.6 Å². The maximum absolute atomic E-state index is 14.4. The fraction of sp³-hybridized carbons (Fsp3) is 0.370. The number of aryl methyl sites for hydroxylation is 1. The molecular weight excluding hydrogens is 650 g/mol. The molecule has 0 radical (unpaired) electrons. The average Bonchev–Trinajstić information content (AvgIpc) is 3.55. The molecule has 0 aliphatic heterocycles. The van der Waals surface area contributed by atoms with Gasteiger partial charge >= 0.3 is 17.8 Å². The van der Waals surface area contributed by atoms with E-state index in [4.69, 9.17) is 10.5 Å². The molecule has 1 aromatic carbocycles. The number of halogens is 5. The third-order valence-electron chi connectivity index (χ3n) is 7.04. The molecule has 4 rings (SSSR count). The number of ether oxygens (including phenoxy) is 1. The van der Waals surface area contributed by atoms with Crippen molar-refractivity contribution in [3.8, 4) is 11.3 Å². The number of thiophene rings is 1. The summed E-state index contributed by atoms with van der Waals surface area (Å²) in [4.78, 5) is 55.2. The summed E-state index contributed by atoms with van der Waals surface area (Å²) < 4.78 is 62.7. The standard InChI is InChI=1S/C27H27F4N5O5S2.ClH/c1-5-13(2)21(32)24(39)41-12-36-18(14-6-7-16(17(28)8-14)27(29,30)31)11-43-25(36)33-19(37)9-15-10-42-23-20(15)22(38)34(3)26(40)35(23)4;/h6-8,10-11,13,21H,5,9,12,32H2,1-4H3;1H/t13-,21-;/m0./s1. The minimum atomic E-state index is -4.90. The number of benzene rings is 1. The van der Waals surface area contributed by atoms with Gasteiger partial charge in [0.2, 0.25) is 0 Å². The van der Waals surface area contributed by atoms with Crippen molar-refractivity contribution in [3.63, 3.8) is 0 Å². The zero-order valence-corrected chi connectivity index (χ0v) is 26.3. The summed E-state index contributed by atoms with van der Waals surface area (Å²) in [6.45, 7) is 3.09. The van der Waals surface area contributed by atoms with Gasteiger partial charge in [0.15, 0.2) is 11.5 Å². The van der Waals surface area contributed by atoms with Crippen LogP contribution in [-0.2, 0) is 47.7 Å². The Morgan fingerprint density at radius 1 is 1.11 bits per heavy atom. The first-order valence-corrected chi connectivity index (χ1v) is 14.6. The SMILES string of the molecule is CC[C@H](C)[C@H](N)C(=O)OCn1c(-c2ccc(C(F)(F)F)c(F)c2)csc1=NC(=O)Cc1csc2c1c(=O)n(C)c(=O)n2C.Cl. The van der Waals surface area contributed by atoms with Crippen LogP contribution in [0.1, 0.15) is 31.4 Å². The predicted octanol–water partition coefficient (Wildman–Crippen LogP) is 3.95. The minimum Gasteiger partial charge on any atom is -0.443 e. The number of rotatable bonds is 8. The normalized spacial score (nSPS) is 13.5. The molecule has 0 aliphatic rings. The monoisotopic (exact) mass is 677 g/mol. The fourth-order valence-corrected chi connectivity index (χ4v) is 6.19. The van der Waals surface area contributed by atoms with Crippen LogP contribution in [0.5, 0.6) is 0 Å². The van der Waals surface area contributed by atoms with Gasteiger partial charge in [0.25, 0.3) is 11.5 Å². The highest BCUT2D eigenvalue weighted by molar-refractivity contribution is 7.17. The molecule has 0 saturated heterocycles. The third-order valence-corrected chi connectivity index (χ3v) is 9.01. The fourth-order valence-electron chi connectivity index (χ4n) is 4.25. The van der Waals surface area contributed by atoms with E-state index in [9.17, 15) is 36.7 Å². The Kier molecular flexibility index (Phi) is 10.8. The van der Waals surface area contributed by atoms with E-state index in [1.54, 1.807) is 12.3 Å². The molecule has 238 valence electrons. The van der Waals surface area contributed by atoms with E-state index < -0.39 is 53.5 Å². The highest BCUT2D eigenvalue weighted by atomic mass is 35.5. The van der Waals surface area contributed by atoms with Gasteiger partial charge in [0, 0.05) is 25.0 Å². The van der Waals surface area contributed by atoms with Crippen LogP contribution in [0.25, 0.3) is 21.5 Å². The molecule has 0 bridgehead atoms. The van der Waals surface area contributed by atoms with Crippen molar-refractivity contribution in [3.05, 3.63) is 71.5 Å². The number of esters is 1. The van der Waals surface area contributed by atoms with Crippen molar-refractivity contribution < 1.29 is 31.9 Å². The molecule has 44 heavy (non-hydrogen) atoms. The third kappa shape index (κ3) is 6.87. The summed E-state index contributed by atoms with van der Waals surface area (Å²) in [6, 6.07) is 1.38. The van der Waals surface area contributed by atoms with Crippen LogP contribution in [0.2, 0.25) is 0 Å².